The van der Waals surface area contributed by atoms with Crippen LogP contribution in [0, 0.1) is 6.92 Å². The lowest BCUT2D eigenvalue weighted by atomic mass is 10.0. The van der Waals surface area contributed by atoms with Gasteiger partial charge in [-0.25, -0.2) is 4.98 Å². The van der Waals surface area contributed by atoms with Crippen molar-refractivity contribution in [1.29, 1.82) is 0 Å². The van der Waals surface area contributed by atoms with Gasteiger partial charge in [0.05, 0.1) is 17.7 Å². The Balaban J connectivity index is 1.76. The normalized spacial score (nSPS) is 18.5. The topological polar surface area (TPSA) is 46.2 Å². The van der Waals surface area contributed by atoms with Crippen LogP contribution in [-0.2, 0) is 4.74 Å². The van der Waals surface area contributed by atoms with E-state index in [1.165, 1.54) is 11.1 Å². The Hall–Kier alpha value is -1.62. The lowest BCUT2D eigenvalue weighted by Crippen LogP contribution is -2.33. The number of aryl methyl sites for hydroxylation is 1. The molecule has 0 saturated carbocycles. The van der Waals surface area contributed by atoms with E-state index in [0.717, 1.165) is 31.2 Å². The molecule has 1 fully saturated rings. The van der Waals surface area contributed by atoms with Crippen LogP contribution in [-0.4, -0.2) is 24.7 Å². The lowest BCUT2D eigenvalue weighted by Gasteiger charge is -2.24. The summed E-state index contributed by atoms with van der Waals surface area (Å²) in [4.78, 5) is 4.25. The van der Waals surface area contributed by atoms with Gasteiger partial charge in [0, 0.05) is 25.0 Å². The van der Waals surface area contributed by atoms with Crippen molar-refractivity contribution >= 4 is 23.1 Å². The molecule has 5 heteroatoms. The fraction of sp³-hybridized carbons (Fsp3) is 0.312. The molecule has 110 valence electrons. The van der Waals surface area contributed by atoms with Crippen LogP contribution in [0.15, 0.2) is 36.5 Å². The summed E-state index contributed by atoms with van der Waals surface area (Å²) in [7, 11) is 0. The van der Waals surface area contributed by atoms with E-state index in [2.05, 4.69) is 40.7 Å². The van der Waals surface area contributed by atoms with Crippen molar-refractivity contribution in [2.75, 3.05) is 25.0 Å². The predicted octanol–water partition coefficient (Wildman–Crippen LogP) is 3.45. The van der Waals surface area contributed by atoms with Gasteiger partial charge in [0.25, 0.3) is 0 Å². The Morgan fingerprint density at radius 1 is 1.33 bits per heavy atom. The van der Waals surface area contributed by atoms with Gasteiger partial charge >= 0.3 is 0 Å². The molecule has 1 unspecified atom stereocenters. The Labute approximate surface area is 129 Å². The summed E-state index contributed by atoms with van der Waals surface area (Å²) in [5.41, 5.74) is 3.41. The smallest absolute Gasteiger partial charge is 0.130 e. The first-order valence-corrected chi connectivity index (χ1v) is 7.41. The van der Waals surface area contributed by atoms with Gasteiger partial charge in [0.15, 0.2) is 0 Å². The third kappa shape index (κ3) is 3.53. The second kappa shape index (κ2) is 6.43. The van der Waals surface area contributed by atoms with Gasteiger partial charge < -0.3 is 15.4 Å². The van der Waals surface area contributed by atoms with Crippen molar-refractivity contribution in [2.24, 2.45) is 0 Å². The van der Waals surface area contributed by atoms with Crippen LogP contribution in [0.2, 0.25) is 5.02 Å². The Morgan fingerprint density at radius 3 is 2.90 bits per heavy atom. The molecule has 4 nitrogen and oxygen atoms in total. The van der Waals surface area contributed by atoms with Crippen LogP contribution in [0.3, 0.4) is 0 Å². The summed E-state index contributed by atoms with van der Waals surface area (Å²) in [5, 5.41) is 7.29. The first kappa shape index (κ1) is 14.3. The quantitative estimate of drug-likeness (QED) is 0.912. The molecule has 2 aromatic rings. The van der Waals surface area contributed by atoms with Crippen molar-refractivity contribution in [2.45, 2.75) is 13.0 Å². The number of ether oxygens (including phenoxy) is 1. The molecular weight excluding hydrogens is 286 g/mol. The number of rotatable bonds is 3. The molecule has 1 saturated heterocycles. The fourth-order valence-corrected chi connectivity index (χ4v) is 2.51. The molecule has 1 aromatic carbocycles. The molecule has 1 aromatic heterocycles. The molecule has 3 rings (SSSR count). The Bertz CT molecular complexity index is 609. The minimum absolute atomic E-state index is 0.139. The monoisotopic (exact) mass is 303 g/mol. The standard InChI is InChI=1S/C16H18ClN3O/c1-11-8-12(15-10-18-6-7-21-15)2-4-14(11)20-16-5-3-13(17)9-19-16/h2-5,8-9,15,18H,6-7,10H2,1H3,(H,19,20). The number of benzene rings is 1. The maximum atomic E-state index is 5.84. The largest absolute Gasteiger partial charge is 0.371 e. The van der Waals surface area contributed by atoms with Crippen LogP contribution in [0.25, 0.3) is 0 Å². The molecule has 0 radical (unpaired) electrons. The summed E-state index contributed by atoms with van der Waals surface area (Å²) in [6.45, 7) is 4.64. The van der Waals surface area contributed by atoms with Crippen molar-refractivity contribution in [1.82, 2.24) is 10.3 Å². The van der Waals surface area contributed by atoms with Gasteiger partial charge in [-0.1, -0.05) is 23.7 Å². The summed E-state index contributed by atoms with van der Waals surface area (Å²) in [6, 6.07) is 10.0. The molecule has 0 bridgehead atoms. The fourth-order valence-electron chi connectivity index (χ4n) is 2.39. The van der Waals surface area contributed by atoms with Crippen molar-refractivity contribution < 1.29 is 4.74 Å². The van der Waals surface area contributed by atoms with Gasteiger partial charge in [0.2, 0.25) is 0 Å². The Morgan fingerprint density at radius 2 is 2.24 bits per heavy atom. The molecule has 1 atom stereocenters. The van der Waals surface area contributed by atoms with E-state index < -0.39 is 0 Å². The molecule has 0 amide bonds. The highest BCUT2D eigenvalue weighted by Gasteiger charge is 2.16. The SMILES string of the molecule is Cc1cc(C2CNCCO2)ccc1Nc1ccc(Cl)cn1. The molecule has 21 heavy (non-hydrogen) atoms. The van der Waals surface area contributed by atoms with Gasteiger partial charge in [-0.3, -0.25) is 0 Å². The molecular formula is C16H18ClN3O. The number of nitrogens with zero attached hydrogens (tertiary/aromatic N) is 1. The number of hydrogen-bond acceptors (Lipinski definition) is 4. The highest BCUT2D eigenvalue weighted by atomic mass is 35.5. The third-order valence-electron chi connectivity index (χ3n) is 3.54. The summed E-state index contributed by atoms with van der Waals surface area (Å²) in [6.07, 6.45) is 1.77. The molecule has 0 spiro atoms. The summed E-state index contributed by atoms with van der Waals surface area (Å²) < 4.78 is 5.78. The maximum Gasteiger partial charge on any atom is 0.130 e. The summed E-state index contributed by atoms with van der Waals surface area (Å²) in [5.74, 6) is 0.783. The highest BCUT2D eigenvalue weighted by molar-refractivity contribution is 6.30. The predicted molar refractivity (Wildman–Crippen MR) is 85.3 cm³/mol. The van der Waals surface area contributed by atoms with Gasteiger partial charge in [-0.05, 0) is 36.2 Å². The van der Waals surface area contributed by atoms with Crippen LogP contribution in [0.4, 0.5) is 11.5 Å². The number of hydrogen-bond donors (Lipinski definition) is 2. The van der Waals surface area contributed by atoms with E-state index in [0.29, 0.717) is 5.02 Å². The minimum Gasteiger partial charge on any atom is -0.371 e. The number of aromatic nitrogens is 1. The zero-order valence-electron chi connectivity index (χ0n) is 11.9. The first-order valence-electron chi connectivity index (χ1n) is 7.04. The van der Waals surface area contributed by atoms with Crippen molar-refractivity contribution in [3.05, 3.63) is 52.7 Å². The third-order valence-corrected chi connectivity index (χ3v) is 3.76. The van der Waals surface area contributed by atoms with Crippen molar-refractivity contribution in [3.63, 3.8) is 0 Å². The number of anilines is 2. The van der Waals surface area contributed by atoms with Gasteiger partial charge in [0.1, 0.15) is 5.82 Å². The zero-order valence-corrected chi connectivity index (χ0v) is 12.7. The van der Waals surface area contributed by atoms with Crippen LogP contribution in [0.5, 0.6) is 0 Å². The van der Waals surface area contributed by atoms with E-state index in [9.17, 15) is 0 Å². The molecule has 0 aliphatic carbocycles. The molecule has 2 N–H and O–H groups in total. The second-order valence-electron chi connectivity index (χ2n) is 5.12. The second-order valence-corrected chi connectivity index (χ2v) is 5.56. The average Bonchev–Trinajstić information content (AvgIpc) is 2.52. The van der Waals surface area contributed by atoms with Crippen LogP contribution in [0.1, 0.15) is 17.2 Å². The van der Waals surface area contributed by atoms with E-state index in [1.807, 2.05) is 12.1 Å². The van der Waals surface area contributed by atoms with E-state index in [4.69, 9.17) is 16.3 Å². The van der Waals surface area contributed by atoms with E-state index >= 15 is 0 Å². The molecule has 2 heterocycles. The highest BCUT2D eigenvalue weighted by Crippen LogP contribution is 2.26. The first-order chi connectivity index (χ1) is 10.2. The van der Waals surface area contributed by atoms with Gasteiger partial charge in [-0.2, -0.15) is 0 Å². The van der Waals surface area contributed by atoms with E-state index in [1.54, 1.807) is 6.20 Å². The molecule has 1 aliphatic rings. The molecule has 1 aliphatic heterocycles. The van der Waals surface area contributed by atoms with Crippen molar-refractivity contribution in [3.8, 4) is 0 Å². The summed E-state index contributed by atoms with van der Waals surface area (Å²) >= 11 is 5.84. The Kier molecular flexibility index (Phi) is 4.39. The lowest BCUT2D eigenvalue weighted by molar-refractivity contribution is 0.0277. The van der Waals surface area contributed by atoms with Gasteiger partial charge in [-0.15, -0.1) is 0 Å². The van der Waals surface area contributed by atoms with Crippen LogP contribution < -0.4 is 10.6 Å². The minimum atomic E-state index is 0.139. The van der Waals surface area contributed by atoms with E-state index in [-0.39, 0.29) is 6.10 Å². The number of pyridine rings is 1. The average molecular weight is 304 g/mol. The number of morpholine rings is 1. The number of halogens is 1. The van der Waals surface area contributed by atoms with Crippen LogP contribution >= 0.6 is 11.6 Å². The number of nitrogens with one attached hydrogen (secondary N) is 2. The maximum absolute atomic E-state index is 5.84. The zero-order chi connectivity index (χ0) is 14.7.